The fourth-order valence-electron chi connectivity index (χ4n) is 1.84. The van der Waals surface area contributed by atoms with Crippen LogP contribution in [-0.4, -0.2) is 20.5 Å². The van der Waals surface area contributed by atoms with Crippen molar-refractivity contribution < 1.29 is 4.79 Å². The molecule has 0 radical (unpaired) electrons. The van der Waals surface area contributed by atoms with Crippen LogP contribution in [0, 0.1) is 6.92 Å². The van der Waals surface area contributed by atoms with E-state index in [1.807, 2.05) is 32.0 Å². The number of halogens is 1. The lowest BCUT2D eigenvalue weighted by Crippen LogP contribution is -2.12. The van der Waals surface area contributed by atoms with Gasteiger partial charge < -0.3 is 0 Å². The van der Waals surface area contributed by atoms with Gasteiger partial charge in [0.05, 0.1) is 6.42 Å². The first-order valence-electron chi connectivity index (χ1n) is 5.78. The van der Waals surface area contributed by atoms with E-state index in [2.05, 4.69) is 26.0 Å². The van der Waals surface area contributed by atoms with Crippen molar-refractivity contribution in [1.29, 1.82) is 0 Å². The van der Waals surface area contributed by atoms with E-state index in [-0.39, 0.29) is 12.2 Å². The summed E-state index contributed by atoms with van der Waals surface area (Å²) in [6, 6.07) is 5.64. The minimum Gasteiger partial charge on any atom is -0.294 e. The summed E-state index contributed by atoms with van der Waals surface area (Å²) < 4.78 is 2.69. The number of benzene rings is 1. The van der Waals surface area contributed by atoms with Crippen LogP contribution < -0.4 is 0 Å². The smallest absolute Gasteiger partial charge is 0.170 e. The van der Waals surface area contributed by atoms with Crippen LogP contribution in [0.2, 0.25) is 0 Å². The third-order valence-electron chi connectivity index (χ3n) is 2.88. The Hall–Kier alpha value is -1.49. The van der Waals surface area contributed by atoms with Gasteiger partial charge in [-0.1, -0.05) is 28.1 Å². The zero-order valence-electron chi connectivity index (χ0n) is 10.4. The van der Waals surface area contributed by atoms with E-state index in [0.29, 0.717) is 5.82 Å². The van der Waals surface area contributed by atoms with Crippen molar-refractivity contribution in [3.63, 3.8) is 0 Å². The predicted molar refractivity (Wildman–Crippen MR) is 72.6 cm³/mol. The summed E-state index contributed by atoms with van der Waals surface area (Å²) in [5, 5.41) is 4.07. The second kappa shape index (κ2) is 5.44. The molecule has 0 bridgehead atoms. The Bertz CT molecular complexity index is 577. The molecule has 18 heavy (non-hydrogen) atoms. The van der Waals surface area contributed by atoms with E-state index in [1.165, 1.54) is 6.33 Å². The first-order chi connectivity index (χ1) is 8.63. The van der Waals surface area contributed by atoms with Gasteiger partial charge in [-0.05, 0) is 25.5 Å². The molecule has 0 aliphatic rings. The van der Waals surface area contributed by atoms with Gasteiger partial charge >= 0.3 is 0 Å². The fraction of sp³-hybridized carbons (Fsp3) is 0.308. The highest BCUT2D eigenvalue weighted by molar-refractivity contribution is 9.10. The number of carbonyl (C=O) groups is 1. The Morgan fingerprint density at radius 1 is 1.44 bits per heavy atom. The largest absolute Gasteiger partial charge is 0.294 e. The number of Topliss-reactive ketones (excluding diaryl/α,β-unsaturated/α-hetero) is 1. The summed E-state index contributed by atoms with van der Waals surface area (Å²) in [4.78, 5) is 16.4. The van der Waals surface area contributed by atoms with Gasteiger partial charge in [0.15, 0.2) is 5.78 Å². The van der Waals surface area contributed by atoms with Gasteiger partial charge in [-0.2, -0.15) is 5.10 Å². The first-order valence-corrected chi connectivity index (χ1v) is 6.57. The molecule has 0 aliphatic heterocycles. The summed E-state index contributed by atoms with van der Waals surface area (Å²) in [5.74, 6) is 0.776. The van der Waals surface area contributed by atoms with Gasteiger partial charge in [0.1, 0.15) is 12.2 Å². The van der Waals surface area contributed by atoms with Crippen LogP contribution in [0.25, 0.3) is 0 Å². The lowest BCUT2D eigenvalue weighted by atomic mass is 10.0. The summed E-state index contributed by atoms with van der Waals surface area (Å²) in [6.07, 6.45) is 1.77. The Kier molecular flexibility index (Phi) is 3.91. The monoisotopic (exact) mass is 307 g/mol. The van der Waals surface area contributed by atoms with Crippen molar-refractivity contribution in [2.45, 2.75) is 26.8 Å². The van der Waals surface area contributed by atoms with Crippen LogP contribution in [-0.2, 0) is 13.0 Å². The van der Waals surface area contributed by atoms with Crippen LogP contribution >= 0.6 is 15.9 Å². The highest BCUT2D eigenvalue weighted by Crippen LogP contribution is 2.20. The molecule has 94 valence electrons. The molecule has 5 heteroatoms. The van der Waals surface area contributed by atoms with E-state index in [9.17, 15) is 4.79 Å². The molecular formula is C13H14BrN3O. The lowest BCUT2D eigenvalue weighted by molar-refractivity contribution is 0.0988. The van der Waals surface area contributed by atoms with E-state index in [0.717, 1.165) is 22.1 Å². The number of aryl methyl sites for hydroxylation is 1. The predicted octanol–water partition coefficient (Wildman–Crippen LogP) is 2.79. The number of aromatic nitrogens is 3. The molecule has 0 N–H and O–H groups in total. The minimum atomic E-state index is 0.0662. The van der Waals surface area contributed by atoms with Crippen molar-refractivity contribution in [3.05, 3.63) is 46.0 Å². The highest BCUT2D eigenvalue weighted by atomic mass is 79.9. The molecule has 2 rings (SSSR count). The molecule has 1 aromatic carbocycles. The van der Waals surface area contributed by atoms with Crippen LogP contribution in [0.1, 0.15) is 28.7 Å². The standard InChI is InChI=1S/C13H14BrN3O/c1-3-17-13(15-8-16-17)7-12(18)10-5-4-6-11(14)9(10)2/h4-6,8H,3,7H2,1-2H3. The van der Waals surface area contributed by atoms with Crippen molar-refractivity contribution >= 4 is 21.7 Å². The molecular weight excluding hydrogens is 294 g/mol. The van der Waals surface area contributed by atoms with Gasteiger partial charge in [-0.15, -0.1) is 0 Å². The fourth-order valence-corrected chi connectivity index (χ4v) is 2.20. The van der Waals surface area contributed by atoms with Gasteiger partial charge in [-0.25, -0.2) is 9.67 Å². The number of rotatable bonds is 4. The minimum absolute atomic E-state index is 0.0662. The number of ketones is 1. The zero-order chi connectivity index (χ0) is 13.1. The molecule has 4 nitrogen and oxygen atoms in total. The molecule has 1 aromatic heterocycles. The van der Waals surface area contributed by atoms with Crippen molar-refractivity contribution in [3.8, 4) is 0 Å². The van der Waals surface area contributed by atoms with Crippen molar-refractivity contribution in [2.75, 3.05) is 0 Å². The number of nitrogens with zero attached hydrogens (tertiary/aromatic N) is 3. The Morgan fingerprint density at radius 2 is 2.22 bits per heavy atom. The molecule has 0 atom stereocenters. The molecule has 1 heterocycles. The molecule has 0 spiro atoms. The van der Waals surface area contributed by atoms with E-state index in [1.54, 1.807) is 4.68 Å². The zero-order valence-corrected chi connectivity index (χ0v) is 11.9. The topological polar surface area (TPSA) is 47.8 Å². The summed E-state index contributed by atoms with van der Waals surface area (Å²) in [5.41, 5.74) is 1.69. The Balaban J connectivity index is 2.25. The van der Waals surface area contributed by atoms with Gasteiger partial charge in [-0.3, -0.25) is 4.79 Å². The van der Waals surface area contributed by atoms with E-state index >= 15 is 0 Å². The maximum Gasteiger partial charge on any atom is 0.170 e. The Labute approximate surface area is 114 Å². The van der Waals surface area contributed by atoms with Crippen LogP contribution in [0.5, 0.6) is 0 Å². The molecule has 0 unspecified atom stereocenters. The SMILES string of the molecule is CCn1ncnc1CC(=O)c1cccc(Br)c1C. The average molecular weight is 308 g/mol. The molecule has 0 saturated carbocycles. The van der Waals surface area contributed by atoms with Gasteiger partial charge in [0.2, 0.25) is 0 Å². The number of hydrogen-bond acceptors (Lipinski definition) is 3. The molecule has 2 aromatic rings. The third-order valence-corrected chi connectivity index (χ3v) is 3.74. The maximum atomic E-state index is 12.3. The molecule has 0 saturated heterocycles. The first kappa shape index (κ1) is 13.0. The average Bonchev–Trinajstić information content (AvgIpc) is 2.79. The second-order valence-corrected chi connectivity index (χ2v) is 4.86. The van der Waals surface area contributed by atoms with Crippen molar-refractivity contribution in [1.82, 2.24) is 14.8 Å². The molecule has 0 amide bonds. The third kappa shape index (κ3) is 2.51. The Morgan fingerprint density at radius 3 is 2.94 bits per heavy atom. The summed E-state index contributed by atoms with van der Waals surface area (Å²) in [6.45, 7) is 4.63. The quantitative estimate of drug-likeness (QED) is 0.816. The maximum absolute atomic E-state index is 12.3. The normalized spacial score (nSPS) is 10.6. The summed E-state index contributed by atoms with van der Waals surface area (Å²) >= 11 is 3.44. The van der Waals surface area contributed by atoms with E-state index in [4.69, 9.17) is 0 Å². The number of carbonyl (C=O) groups excluding carboxylic acids is 1. The molecule has 0 aliphatic carbocycles. The number of hydrogen-bond donors (Lipinski definition) is 0. The van der Waals surface area contributed by atoms with Gasteiger partial charge in [0.25, 0.3) is 0 Å². The van der Waals surface area contributed by atoms with Crippen LogP contribution in [0.3, 0.4) is 0 Å². The highest BCUT2D eigenvalue weighted by Gasteiger charge is 2.14. The lowest BCUT2D eigenvalue weighted by Gasteiger charge is -2.07. The van der Waals surface area contributed by atoms with E-state index < -0.39 is 0 Å². The van der Waals surface area contributed by atoms with Crippen LogP contribution in [0.15, 0.2) is 29.0 Å². The van der Waals surface area contributed by atoms with Crippen molar-refractivity contribution in [2.24, 2.45) is 0 Å². The summed E-state index contributed by atoms with van der Waals surface area (Å²) in [7, 11) is 0. The second-order valence-electron chi connectivity index (χ2n) is 4.00. The molecule has 0 fully saturated rings. The van der Waals surface area contributed by atoms with Gasteiger partial charge in [0, 0.05) is 16.6 Å². The van der Waals surface area contributed by atoms with Crippen LogP contribution in [0.4, 0.5) is 0 Å².